The third-order valence-corrected chi connectivity index (χ3v) is 3.94. The monoisotopic (exact) mass is 284 g/mol. The molecule has 5 heteroatoms. The van der Waals surface area contributed by atoms with Crippen molar-refractivity contribution in [3.63, 3.8) is 0 Å². The van der Waals surface area contributed by atoms with Crippen molar-refractivity contribution in [3.8, 4) is 0 Å². The van der Waals surface area contributed by atoms with Crippen LogP contribution in [0.3, 0.4) is 0 Å². The van der Waals surface area contributed by atoms with E-state index in [2.05, 4.69) is 10.2 Å². The average molecular weight is 284 g/mol. The number of rotatable bonds is 4. The Morgan fingerprint density at radius 1 is 1.30 bits per heavy atom. The van der Waals surface area contributed by atoms with Crippen LogP contribution >= 0.6 is 0 Å². The molecule has 1 heterocycles. The first-order valence-corrected chi connectivity index (χ1v) is 6.97. The first-order chi connectivity index (χ1) is 9.47. The molecule has 1 atom stereocenters. The minimum atomic E-state index is -0.837. The first-order valence-electron chi connectivity index (χ1n) is 6.97. The predicted molar refractivity (Wildman–Crippen MR) is 74.4 cm³/mol. The zero-order valence-corrected chi connectivity index (χ0v) is 12.0. The largest absolute Gasteiger partial charge is 0.396 e. The summed E-state index contributed by atoms with van der Waals surface area (Å²) in [7, 11) is 0. The Bertz CT molecular complexity index is 459. The molecule has 2 rings (SSSR count). The molecule has 3 nitrogen and oxygen atoms in total. The molecule has 2 N–H and O–H groups in total. The van der Waals surface area contributed by atoms with Gasteiger partial charge in [0.1, 0.15) is 0 Å². The Morgan fingerprint density at radius 3 is 2.55 bits per heavy atom. The Morgan fingerprint density at radius 2 is 1.95 bits per heavy atom. The Balaban J connectivity index is 2.42. The summed E-state index contributed by atoms with van der Waals surface area (Å²) >= 11 is 0. The summed E-state index contributed by atoms with van der Waals surface area (Å²) in [4.78, 5) is 2.12. The minimum Gasteiger partial charge on any atom is -0.396 e. The quantitative estimate of drug-likeness (QED) is 0.887. The van der Waals surface area contributed by atoms with Gasteiger partial charge >= 0.3 is 0 Å². The summed E-state index contributed by atoms with van der Waals surface area (Å²) in [6.45, 7) is 6.81. The fraction of sp³-hybridized carbons (Fsp3) is 0.600. The molecule has 1 aromatic carbocycles. The Hall–Kier alpha value is -1.04. The highest BCUT2D eigenvalue weighted by atomic mass is 19.2. The third kappa shape index (κ3) is 3.00. The number of piperazine rings is 1. The van der Waals surface area contributed by atoms with Crippen molar-refractivity contribution in [2.75, 3.05) is 32.8 Å². The summed E-state index contributed by atoms with van der Waals surface area (Å²) in [5.41, 5.74) is -0.225. The molecule has 0 saturated carbocycles. The number of benzene rings is 1. The van der Waals surface area contributed by atoms with Gasteiger partial charge in [0.15, 0.2) is 11.6 Å². The van der Waals surface area contributed by atoms with Gasteiger partial charge in [-0.05, 0) is 6.07 Å². The van der Waals surface area contributed by atoms with E-state index in [1.54, 1.807) is 6.07 Å². The van der Waals surface area contributed by atoms with Crippen LogP contribution < -0.4 is 5.32 Å². The third-order valence-electron chi connectivity index (χ3n) is 3.94. The van der Waals surface area contributed by atoms with Crippen molar-refractivity contribution in [1.29, 1.82) is 0 Å². The van der Waals surface area contributed by atoms with E-state index in [4.69, 9.17) is 0 Å². The lowest BCUT2D eigenvalue weighted by molar-refractivity contribution is 0.0283. The van der Waals surface area contributed by atoms with Gasteiger partial charge in [-0.3, -0.25) is 4.90 Å². The maximum atomic E-state index is 14.2. The van der Waals surface area contributed by atoms with E-state index < -0.39 is 17.0 Å². The molecular formula is C15H22F2N2O. The molecule has 112 valence electrons. The van der Waals surface area contributed by atoms with Gasteiger partial charge in [0.25, 0.3) is 0 Å². The van der Waals surface area contributed by atoms with Crippen molar-refractivity contribution in [2.45, 2.75) is 19.9 Å². The molecule has 0 radical (unpaired) electrons. The van der Waals surface area contributed by atoms with Crippen LogP contribution in [-0.2, 0) is 0 Å². The number of nitrogens with one attached hydrogen (secondary N) is 1. The molecule has 20 heavy (non-hydrogen) atoms. The second-order valence-electron chi connectivity index (χ2n) is 5.98. The molecule has 0 aliphatic carbocycles. The van der Waals surface area contributed by atoms with E-state index in [-0.39, 0.29) is 12.6 Å². The van der Waals surface area contributed by atoms with E-state index in [1.807, 2.05) is 13.8 Å². The molecule has 0 amide bonds. The second-order valence-corrected chi connectivity index (χ2v) is 5.98. The predicted octanol–water partition coefficient (Wildman–Crippen LogP) is 1.93. The Labute approximate surface area is 118 Å². The maximum Gasteiger partial charge on any atom is 0.163 e. The maximum absolute atomic E-state index is 14.2. The molecule has 0 spiro atoms. The van der Waals surface area contributed by atoms with Gasteiger partial charge in [-0.1, -0.05) is 26.0 Å². The lowest BCUT2D eigenvalue weighted by Gasteiger charge is -2.43. The van der Waals surface area contributed by atoms with Crippen LogP contribution in [0.2, 0.25) is 0 Å². The molecule has 0 aromatic heterocycles. The lowest BCUT2D eigenvalue weighted by Crippen LogP contribution is -2.49. The van der Waals surface area contributed by atoms with Crippen LogP contribution in [0.1, 0.15) is 25.5 Å². The van der Waals surface area contributed by atoms with Crippen molar-refractivity contribution in [1.82, 2.24) is 10.2 Å². The summed E-state index contributed by atoms with van der Waals surface area (Å²) in [5, 5.41) is 12.9. The Kier molecular flexibility index (Phi) is 4.73. The van der Waals surface area contributed by atoms with Gasteiger partial charge in [0.2, 0.25) is 0 Å². The van der Waals surface area contributed by atoms with Crippen LogP contribution in [0.4, 0.5) is 8.78 Å². The fourth-order valence-corrected chi connectivity index (χ4v) is 2.87. The van der Waals surface area contributed by atoms with Gasteiger partial charge < -0.3 is 10.4 Å². The summed E-state index contributed by atoms with van der Waals surface area (Å²) in [6.07, 6.45) is 0. The average Bonchev–Trinajstić information content (AvgIpc) is 2.45. The highest BCUT2D eigenvalue weighted by Gasteiger charge is 2.37. The van der Waals surface area contributed by atoms with Crippen LogP contribution in [0.15, 0.2) is 18.2 Å². The van der Waals surface area contributed by atoms with Gasteiger partial charge in [0.05, 0.1) is 0 Å². The van der Waals surface area contributed by atoms with Gasteiger partial charge in [0, 0.05) is 49.8 Å². The van der Waals surface area contributed by atoms with E-state index in [0.717, 1.165) is 32.2 Å². The molecule has 1 aliphatic heterocycles. The van der Waals surface area contributed by atoms with E-state index in [0.29, 0.717) is 5.56 Å². The molecule has 0 unspecified atom stereocenters. The molecule has 1 fully saturated rings. The highest BCUT2D eigenvalue weighted by Crippen LogP contribution is 2.39. The van der Waals surface area contributed by atoms with Crippen molar-refractivity contribution < 1.29 is 13.9 Å². The van der Waals surface area contributed by atoms with Crippen LogP contribution in [-0.4, -0.2) is 42.8 Å². The number of hydrogen-bond acceptors (Lipinski definition) is 3. The number of hydrogen-bond donors (Lipinski definition) is 2. The summed E-state index contributed by atoms with van der Waals surface area (Å²) < 4.78 is 27.7. The van der Waals surface area contributed by atoms with Crippen molar-refractivity contribution in [3.05, 3.63) is 35.4 Å². The van der Waals surface area contributed by atoms with E-state index in [9.17, 15) is 13.9 Å². The summed E-state index contributed by atoms with van der Waals surface area (Å²) in [5.74, 6) is -1.64. The SMILES string of the molecule is CC(C)(CO)[C@H](c1cccc(F)c1F)N1CCNCC1. The van der Waals surface area contributed by atoms with Crippen LogP contribution in [0, 0.1) is 17.0 Å². The van der Waals surface area contributed by atoms with Crippen molar-refractivity contribution >= 4 is 0 Å². The fourth-order valence-electron chi connectivity index (χ4n) is 2.87. The van der Waals surface area contributed by atoms with Gasteiger partial charge in [-0.25, -0.2) is 8.78 Å². The molecule has 1 saturated heterocycles. The zero-order valence-electron chi connectivity index (χ0n) is 12.0. The molecule has 0 bridgehead atoms. The number of halogens is 2. The van der Waals surface area contributed by atoms with Crippen LogP contribution in [0.5, 0.6) is 0 Å². The number of aliphatic hydroxyl groups excluding tert-OH is 1. The van der Waals surface area contributed by atoms with E-state index in [1.165, 1.54) is 6.07 Å². The highest BCUT2D eigenvalue weighted by molar-refractivity contribution is 5.25. The van der Waals surface area contributed by atoms with E-state index >= 15 is 0 Å². The van der Waals surface area contributed by atoms with Gasteiger partial charge in [-0.2, -0.15) is 0 Å². The number of nitrogens with zero attached hydrogens (tertiary/aromatic N) is 1. The smallest absolute Gasteiger partial charge is 0.163 e. The van der Waals surface area contributed by atoms with Gasteiger partial charge in [-0.15, -0.1) is 0 Å². The molecule has 1 aliphatic rings. The molecule has 1 aromatic rings. The lowest BCUT2D eigenvalue weighted by atomic mass is 9.79. The standard InChI is InChI=1S/C15H22F2N2O/c1-15(2,10-20)14(19-8-6-18-7-9-19)11-4-3-5-12(16)13(11)17/h3-5,14,18,20H,6-10H2,1-2H3/t14-/m0/s1. The second kappa shape index (κ2) is 6.16. The normalized spacial score (nSPS) is 19.1. The minimum absolute atomic E-state index is 0.0858. The van der Waals surface area contributed by atoms with Crippen molar-refractivity contribution in [2.24, 2.45) is 5.41 Å². The number of aliphatic hydroxyl groups is 1. The zero-order chi connectivity index (χ0) is 14.8. The van der Waals surface area contributed by atoms with Crippen LogP contribution in [0.25, 0.3) is 0 Å². The molecular weight excluding hydrogens is 262 g/mol. The summed E-state index contributed by atoms with van der Waals surface area (Å²) in [6, 6.07) is 3.92. The topological polar surface area (TPSA) is 35.5 Å². The first kappa shape index (κ1) is 15.4.